The van der Waals surface area contributed by atoms with Crippen LogP contribution in [0.15, 0.2) is 35.2 Å². The lowest BCUT2D eigenvalue weighted by Gasteiger charge is -2.12. The first-order valence-corrected chi connectivity index (χ1v) is 7.96. The van der Waals surface area contributed by atoms with Crippen molar-refractivity contribution in [2.75, 3.05) is 17.3 Å². The van der Waals surface area contributed by atoms with E-state index in [1.165, 1.54) is 18.2 Å². The van der Waals surface area contributed by atoms with Crippen LogP contribution in [0.4, 0.5) is 25.8 Å². The maximum atomic E-state index is 13.7. The summed E-state index contributed by atoms with van der Waals surface area (Å²) in [6.07, 6.45) is 1.05. The molecular weight excluding hydrogens is 322 g/mol. The van der Waals surface area contributed by atoms with Crippen molar-refractivity contribution in [3.63, 3.8) is 0 Å². The Kier molecular flexibility index (Phi) is 4.06. The number of rotatable bonds is 3. The first-order chi connectivity index (χ1) is 9.68. The molecule has 0 heterocycles. The first-order valence-electron chi connectivity index (χ1n) is 5.69. The minimum absolute atomic E-state index is 0.0382. The Morgan fingerprint density at radius 3 is 2.38 bits per heavy atom. The molecule has 0 spiro atoms. The standard InChI is InChI=1S/C13H11ClF2N2O2S/c1-21(19,20)8-2-3-12(11(17)6-8)18-13-9(14)4-7(15)5-10(13)16/h2-6,18H,17H2,1H3. The second-order valence-electron chi connectivity index (χ2n) is 4.39. The number of halogens is 3. The minimum atomic E-state index is -3.39. The van der Waals surface area contributed by atoms with E-state index in [1.807, 2.05) is 0 Å². The molecule has 8 heteroatoms. The quantitative estimate of drug-likeness (QED) is 0.845. The average molecular weight is 333 g/mol. The molecule has 21 heavy (non-hydrogen) atoms. The van der Waals surface area contributed by atoms with Crippen LogP contribution in [-0.4, -0.2) is 14.7 Å². The molecule has 0 aliphatic carbocycles. The Morgan fingerprint density at radius 2 is 1.86 bits per heavy atom. The van der Waals surface area contributed by atoms with Crippen LogP contribution in [0.3, 0.4) is 0 Å². The largest absolute Gasteiger partial charge is 0.397 e. The van der Waals surface area contributed by atoms with E-state index in [1.54, 1.807) is 0 Å². The zero-order valence-corrected chi connectivity index (χ0v) is 12.4. The number of nitrogens with two attached hydrogens (primary N) is 1. The molecule has 0 radical (unpaired) electrons. The van der Waals surface area contributed by atoms with Gasteiger partial charge in [0.05, 0.1) is 27.0 Å². The molecule has 4 nitrogen and oxygen atoms in total. The first kappa shape index (κ1) is 15.5. The molecule has 0 unspecified atom stereocenters. The molecule has 0 saturated carbocycles. The highest BCUT2D eigenvalue weighted by atomic mass is 35.5. The summed E-state index contributed by atoms with van der Waals surface area (Å²) < 4.78 is 49.4. The third-order valence-corrected chi connectivity index (χ3v) is 4.13. The van der Waals surface area contributed by atoms with Gasteiger partial charge < -0.3 is 11.1 Å². The normalized spacial score (nSPS) is 11.4. The molecule has 0 fully saturated rings. The van der Waals surface area contributed by atoms with Gasteiger partial charge in [-0.2, -0.15) is 0 Å². The van der Waals surface area contributed by atoms with Gasteiger partial charge in [0.15, 0.2) is 15.7 Å². The maximum absolute atomic E-state index is 13.7. The number of nitrogens with one attached hydrogen (secondary N) is 1. The van der Waals surface area contributed by atoms with E-state index in [4.69, 9.17) is 17.3 Å². The van der Waals surface area contributed by atoms with Crippen molar-refractivity contribution in [2.24, 2.45) is 0 Å². The molecule has 0 atom stereocenters. The number of sulfone groups is 1. The van der Waals surface area contributed by atoms with Crippen molar-refractivity contribution in [2.45, 2.75) is 4.90 Å². The molecule has 0 saturated heterocycles. The van der Waals surface area contributed by atoms with Crippen LogP contribution in [0, 0.1) is 11.6 Å². The Hall–Kier alpha value is -1.86. The fourth-order valence-corrected chi connectivity index (χ4v) is 2.58. The maximum Gasteiger partial charge on any atom is 0.175 e. The third-order valence-electron chi connectivity index (χ3n) is 2.72. The van der Waals surface area contributed by atoms with Gasteiger partial charge in [0.25, 0.3) is 0 Å². The second-order valence-corrected chi connectivity index (χ2v) is 6.81. The van der Waals surface area contributed by atoms with Crippen LogP contribution in [0.25, 0.3) is 0 Å². The lowest BCUT2D eigenvalue weighted by atomic mass is 10.2. The predicted molar refractivity (Wildman–Crippen MR) is 78.6 cm³/mol. The van der Waals surface area contributed by atoms with Crippen molar-refractivity contribution >= 4 is 38.5 Å². The topological polar surface area (TPSA) is 72.2 Å². The zero-order chi connectivity index (χ0) is 15.8. The molecule has 0 aliphatic heterocycles. The van der Waals surface area contributed by atoms with Crippen LogP contribution in [0.5, 0.6) is 0 Å². The molecule has 2 aromatic rings. The van der Waals surface area contributed by atoms with E-state index < -0.39 is 21.5 Å². The molecule has 3 N–H and O–H groups in total. The minimum Gasteiger partial charge on any atom is -0.397 e. The summed E-state index contributed by atoms with van der Waals surface area (Å²) in [5.41, 5.74) is 5.94. The van der Waals surface area contributed by atoms with Gasteiger partial charge in [-0.05, 0) is 24.3 Å². The number of hydrogen-bond acceptors (Lipinski definition) is 4. The van der Waals surface area contributed by atoms with Crippen LogP contribution in [-0.2, 0) is 9.84 Å². The van der Waals surface area contributed by atoms with E-state index in [2.05, 4.69) is 5.32 Å². The monoisotopic (exact) mass is 332 g/mol. The summed E-state index contributed by atoms with van der Waals surface area (Å²) in [5, 5.41) is 2.47. The summed E-state index contributed by atoms with van der Waals surface area (Å²) in [7, 11) is -3.39. The molecule has 0 bridgehead atoms. The van der Waals surface area contributed by atoms with E-state index >= 15 is 0 Å². The number of hydrogen-bond donors (Lipinski definition) is 2. The summed E-state index contributed by atoms with van der Waals surface area (Å²) in [4.78, 5) is 0.0382. The zero-order valence-electron chi connectivity index (χ0n) is 10.8. The number of anilines is 3. The van der Waals surface area contributed by atoms with Crippen molar-refractivity contribution in [3.05, 3.63) is 47.0 Å². The van der Waals surface area contributed by atoms with Gasteiger partial charge in [-0.15, -0.1) is 0 Å². The van der Waals surface area contributed by atoms with E-state index in [0.717, 1.165) is 12.3 Å². The van der Waals surface area contributed by atoms with Gasteiger partial charge in [-0.3, -0.25) is 0 Å². The highest BCUT2D eigenvalue weighted by Gasteiger charge is 2.13. The molecule has 0 aliphatic rings. The third kappa shape index (κ3) is 3.43. The van der Waals surface area contributed by atoms with Crippen molar-refractivity contribution < 1.29 is 17.2 Å². The SMILES string of the molecule is CS(=O)(=O)c1ccc(Nc2c(F)cc(F)cc2Cl)c(N)c1. The lowest BCUT2D eigenvalue weighted by molar-refractivity contribution is 0.586. The van der Waals surface area contributed by atoms with Crippen LogP contribution < -0.4 is 11.1 Å². The van der Waals surface area contributed by atoms with Crippen LogP contribution in [0.2, 0.25) is 5.02 Å². The molecule has 0 amide bonds. The Labute approximate surface area is 125 Å². The highest BCUT2D eigenvalue weighted by molar-refractivity contribution is 7.90. The Bertz CT molecular complexity index is 787. The van der Waals surface area contributed by atoms with Gasteiger partial charge in [0.1, 0.15) is 5.82 Å². The molecule has 0 aromatic heterocycles. The van der Waals surface area contributed by atoms with Crippen molar-refractivity contribution in [1.29, 1.82) is 0 Å². The molecule has 2 aromatic carbocycles. The van der Waals surface area contributed by atoms with Gasteiger partial charge in [0, 0.05) is 12.3 Å². The van der Waals surface area contributed by atoms with Crippen molar-refractivity contribution in [3.8, 4) is 0 Å². The number of benzene rings is 2. The van der Waals surface area contributed by atoms with Crippen LogP contribution >= 0.6 is 11.6 Å². The lowest BCUT2D eigenvalue weighted by Crippen LogP contribution is -2.03. The summed E-state index contributed by atoms with van der Waals surface area (Å²) in [6, 6.07) is 5.57. The van der Waals surface area contributed by atoms with Gasteiger partial charge >= 0.3 is 0 Å². The van der Waals surface area contributed by atoms with E-state index in [9.17, 15) is 17.2 Å². The Balaban J connectivity index is 2.42. The second kappa shape index (κ2) is 5.50. The molecule has 112 valence electrons. The summed E-state index contributed by atoms with van der Waals surface area (Å²) in [5.74, 6) is -1.69. The van der Waals surface area contributed by atoms with Crippen molar-refractivity contribution in [1.82, 2.24) is 0 Å². The highest BCUT2D eigenvalue weighted by Crippen LogP contribution is 2.32. The smallest absolute Gasteiger partial charge is 0.175 e. The van der Waals surface area contributed by atoms with Gasteiger partial charge in [-0.1, -0.05) is 11.6 Å². The van der Waals surface area contributed by atoms with E-state index in [-0.39, 0.29) is 27.0 Å². The van der Waals surface area contributed by atoms with E-state index in [0.29, 0.717) is 6.07 Å². The average Bonchev–Trinajstić information content (AvgIpc) is 2.33. The van der Waals surface area contributed by atoms with Gasteiger partial charge in [-0.25, -0.2) is 17.2 Å². The summed E-state index contributed by atoms with van der Waals surface area (Å²) >= 11 is 5.76. The fourth-order valence-electron chi connectivity index (χ4n) is 1.68. The Morgan fingerprint density at radius 1 is 1.19 bits per heavy atom. The molecule has 2 rings (SSSR count). The fraction of sp³-hybridized carbons (Fsp3) is 0.0769. The summed E-state index contributed by atoms with van der Waals surface area (Å²) in [6.45, 7) is 0. The predicted octanol–water partition coefficient (Wildman–Crippen LogP) is 3.35. The molecular formula is C13H11ClF2N2O2S. The van der Waals surface area contributed by atoms with Gasteiger partial charge in [0.2, 0.25) is 0 Å². The number of nitrogen functional groups attached to an aromatic ring is 1. The van der Waals surface area contributed by atoms with Crippen LogP contribution in [0.1, 0.15) is 0 Å².